The van der Waals surface area contributed by atoms with E-state index in [0.717, 1.165) is 31.2 Å². The Bertz CT molecular complexity index is 357. The molecule has 0 spiro atoms. The molecule has 0 unspecified atom stereocenters. The third-order valence-corrected chi connectivity index (χ3v) is 2.72. The van der Waals surface area contributed by atoms with Gasteiger partial charge >= 0.3 is 0 Å². The molecule has 0 bridgehead atoms. The van der Waals surface area contributed by atoms with E-state index in [1.165, 1.54) is 0 Å². The Labute approximate surface area is 116 Å². The Morgan fingerprint density at radius 2 is 1.74 bits per heavy atom. The predicted molar refractivity (Wildman–Crippen MR) is 81.1 cm³/mol. The Hall–Kier alpha value is -1.36. The van der Waals surface area contributed by atoms with Gasteiger partial charge in [-0.15, -0.1) is 0 Å². The monoisotopic (exact) mass is 265 g/mol. The van der Waals surface area contributed by atoms with Gasteiger partial charge in [0.1, 0.15) is 17.5 Å². The maximum atomic E-state index is 5.49. The molecule has 0 radical (unpaired) electrons. The van der Waals surface area contributed by atoms with Gasteiger partial charge in [-0.3, -0.25) is 0 Å². The molecular formula is C14H27N5. The molecule has 108 valence electrons. The fourth-order valence-corrected chi connectivity index (χ4v) is 2.02. The van der Waals surface area contributed by atoms with E-state index >= 15 is 0 Å². The summed E-state index contributed by atoms with van der Waals surface area (Å²) in [6.07, 6.45) is 0.805. The van der Waals surface area contributed by atoms with Crippen LogP contribution in [-0.4, -0.2) is 23.1 Å². The fourth-order valence-electron chi connectivity index (χ4n) is 2.02. The number of nitrogens with one attached hydrogen (secondary N) is 1. The number of aromatic nitrogens is 2. The van der Waals surface area contributed by atoms with Crippen LogP contribution < -0.4 is 16.2 Å². The Balaban J connectivity index is 3.05. The normalized spacial score (nSPS) is 11.2. The number of nitrogens with two attached hydrogens (primary N) is 1. The molecule has 19 heavy (non-hydrogen) atoms. The average molecular weight is 265 g/mol. The van der Waals surface area contributed by atoms with Gasteiger partial charge in [0.15, 0.2) is 0 Å². The summed E-state index contributed by atoms with van der Waals surface area (Å²) in [5, 5.41) is 0. The molecule has 0 aromatic carbocycles. The zero-order chi connectivity index (χ0) is 14.4. The number of rotatable bonds is 7. The highest BCUT2D eigenvalue weighted by Crippen LogP contribution is 2.18. The maximum Gasteiger partial charge on any atom is 0.145 e. The van der Waals surface area contributed by atoms with E-state index in [-0.39, 0.29) is 0 Å². The molecule has 1 rings (SSSR count). The molecule has 5 nitrogen and oxygen atoms in total. The van der Waals surface area contributed by atoms with Crippen LogP contribution in [0.3, 0.4) is 0 Å². The van der Waals surface area contributed by atoms with E-state index in [1.54, 1.807) is 0 Å². The second-order valence-corrected chi connectivity index (χ2v) is 5.72. The number of nitrogen functional groups attached to an aromatic ring is 1. The van der Waals surface area contributed by atoms with Crippen molar-refractivity contribution in [2.45, 2.75) is 41.0 Å². The summed E-state index contributed by atoms with van der Waals surface area (Å²) in [5.41, 5.74) is 2.63. The minimum absolute atomic E-state index is 0.591. The molecule has 1 heterocycles. The van der Waals surface area contributed by atoms with Crippen molar-refractivity contribution < 1.29 is 0 Å². The van der Waals surface area contributed by atoms with Gasteiger partial charge in [0.25, 0.3) is 0 Å². The van der Waals surface area contributed by atoms with Gasteiger partial charge < -0.3 is 10.3 Å². The minimum Gasteiger partial charge on any atom is -0.356 e. The molecular weight excluding hydrogens is 238 g/mol. The highest BCUT2D eigenvalue weighted by Gasteiger charge is 2.14. The third-order valence-electron chi connectivity index (χ3n) is 2.72. The van der Waals surface area contributed by atoms with Crippen LogP contribution in [0.25, 0.3) is 0 Å². The number of hydrogen-bond acceptors (Lipinski definition) is 5. The van der Waals surface area contributed by atoms with Crippen LogP contribution in [0.1, 0.15) is 40.4 Å². The first-order valence-electron chi connectivity index (χ1n) is 7.05. The topological polar surface area (TPSA) is 67.1 Å². The largest absolute Gasteiger partial charge is 0.356 e. The summed E-state index contributed by atoms with van der Waals surface area (Å²) < 4.78 is 0. The van der Waals surface area contributed by atoms with Crippen molar-refractivity contribution in [2.24, 2.45) is 17.7 Å². The van der Waals surface area contributed by atoms with E-state index in [0.29, 0.717) is 17.7 Å². The molecule has 0 aliphatic heterocycles. The molecule has 0 fully saturated rings. The van der Waals surface area contributed by atoms with Crippen LogP contribution >= 0.6 is 0 Å². The first-order valence-corrected chi connectivity index (χ1v) is 7.05. The summed E-state index contributed by atoms with van der Waals surface area (Å²) in [5.74, 6) is 9.13. The van der Waals surface area contributed by atoms with Gasteiger partial charge in [0, 0.05) is 25.6 Å². The molecule has 1 aromatic rings. The van der Waals surface area contributed by atoms with E-state index in [1.807, 2.05) is 6.07 Å². The molecule has 0 saturated heterocycles. The van der Waals surface area contributed by atoms with Crippen molar-refractivity contribution in [2.75, 3.05) is 23.4 Å². The van der Waals surface area contributed by atoms with E-state index in [2.05, 4.69) is 54.9 Å². The first-order chi connectivity index (χ1) is 8.96. The zero-order valence-electron chi connectivity index (χ0n) is 12.8. The molecule has 0 aliphatic rings. The Kier molecular flexibility index (Phi) is 6.02. The maximum absolute atomic E-state index is 5.49. The molecule has 1 aromatic heterocycles. The summed E-state index contributed by atoms with van der Waals surface area (Å²) in [7, 11) is 0. The highest BCUT2D eigenvalue weighted by molar-refractivity contribution is 5.49. The van der Waals surface area contributed by atoms with Crippen molar-refractivity contribution in [1.82, 2.24) is 9.97 Å². The van der Waals surface area contributed by atoms with E-state index < -0.39 is 0 Å². The molecule has 0 aliphatic carbocycles. The summed E-state index contributed by atoms with van der Waals surface area (Å²) in [6.45, 7) is 12.9. The zero-order valence-corrected chi connectivity index (χ0v) is 12.8. The second-order valence-electron chi connectivity index (χ2n) is 5.72. The number of hydrazine groups is 1. The standard InChI is InChI=1S/C14H27N5/c1-6-12-16-13(18-15)7-14(17-12)19(8-10(2)3)9-11(4)5/h7,10-11H,6,8-9,15H2,1-5H3,(H,16,17,18). The molecule has 3 N–H and O–H groups in total. The van der Waals surface area contributed by atoms with Crippen LogP contribution in [0.4, 0.5) is 11.6 Å². The van der Waals surface area contributed by atoms with Crippen LogP contribution in [0.2, 0.25) is 0 Å². The van der Waals surface area contributed by atoms with Crippen LogP contribution in [0.15, 0.2) is 6.07 Å². The van der Waals surface area contributed by atoms with Crippen molar-refractivity contribution in [3.05, 3.63) is 11.9 Å². The third kappa shape index (κ3) is 5.03. The van der Waals surface area contributed by atoms with Gasteiger partial charge in [-0.05, 0) is 11.8 Å². The van der Waals surface area contributed by atoms with Gasteiger partial charge in [-0.25, -0.2) is 15.8 Å². The predicted octanol–water partition coefficient (Wildman–Crippen LogP) is 2.44. The lowest BCUT2D eigenvalue weighted by Crippen LogP contribution is -2.32. The molecule has 0 amide bonds. The summed E-state index contributed by atoms with van der Waals surface area (Å²) >= 11 is 0. The van der Waals surface area contributed by atoms with E-state index in [9.17, 15) is 0 Å². The lowest BCUT2D eigenvalue weighted by atomic mass is 10.1. The first kappa shape index (κ1) is 15.7. The smallest absolute Gasteiger partial charge is 0.145 e. The quantitative estimate of drug-likeness (QED) is 0.585. The summed E-state index contributed by atoms with van der Waals surface area (Å²) in [4.78, 5) is 11.3. The number of nitrogens with zero attached hydrogens (tertiary/aromatic N) is 3. The number of anilines is 2. The van der Waals surface area contributed by atoms with Crippen LogP contribution in [0.5, 0.6) is 0 Å². The lowest BCUT2D eigenvalue weighted by molar-refractivity contribution is 0.547. The van der Waals surface area contributed by atoms with Gasteiger partial charge in [0.05, 0.1) is 0 Å². The number of aryl methyl sites for hydroxylation is 1. The van der Waals surface area contributed by atoms with Gasteiger partial charge in [-0.1, -0.05) is 34.6 Å². The van der Waals surface area contributed by atoms with Crippen molar-refractivity contribution in [3.63, 3.8) is 0 Å². The van der Waals surface area contributed by atoms with Gasteiger partial charge in [-0.2, -0.15) is 0 Å². The van der Waals surface area contributed by atoms with Crippen LogP contribution in [-0.2, 0) is 6.42 Å². The fraction of sp³-hybridized carbons (Fsp3) is 0.714. The molecule has 0 atom stereocenters. The van der Waals surface area contributed by atoms with Crippen LogP contribution in [0, 0.1) is 11.8 Å². The molecule has 0 saturated carbocycles. The Morgan fingerprint density at radius 3 is 2.16 bits per heavy atom. The highest BCUT2D eigenvalue weighted by atomic mass is 15.3. The Morgan fingerprint density at radius 1 is 1.16 bits per heavy atom. The minimum atomic E-state index is 0.591. The average Bonchev–Trinajstić information content (AvgIpc) is 2.36. The van der Waals surface area contributed by atoms with Crippen molar-refractivity contribution in [3.8, 4) is 0 Å². The number of hydrogen-bond donors (Lipinski definition) is 2. The van der Waals surface area contributed by atoms with Crippen molar-refractivity contribution in [1.29, 1.82) is 0 Å². The molecule has 5 heteroatoms. The van der Waals surface area contributed by atoms with Crippen molar-refractivity contribution >= 4 is 11.6 Å². The second kappa shape index (κ2) is 7.28. The van der Waals surface area contributed by atoms with Gasteiger partial charge in [0.2, 0.25) is 0 Å². The lowest BCUT2D eigenvalue weighted by Gasteiger charge is -2.28. The van der Waals surface area contributed by atoms with E-state index in [4.69, 9.17) is 5.84 Å². The summed E-state index contributed by atoms with van der Waals surface area (Å²) in [6, 6.07) is 1.92. The SMILES string of the molecule is CCc1nc(NN)cc(N(CC(C)C)CC(C)C)n1.